The van der Waals surface area contributed by atoms with Gasteiger partial charge >= 0.3 is 0 Å². The molecule has 1 rings (SSSR count). The van der Waals surface area contributed by atoms with Crippen LogP contribution < -0.4 is 5.73 Å². The van der Waals surface area contributed by atoms with Crippen LogP contribution in [0.15, 0.2) is 0 Å². The van der Waals surface area contributed by atoms with Crippen LogP contribution in [0, 0.1) is 5.41 Å². The number of hydrogen-bond acceptors (Lipinski definition) is 4. The highest BCUT2D eigenvalue weighted by Crippen LogP contribution is 2.36. The van der Waals surface area contributed by atoms with Crippen molar-refractivity contribution < 1.29 is 9.47 Å². The molecule has 4 heteroatoms. The molecule has 1 fully saturated rings. The molecule has 0 heterocycles. The Morgan fingerprint density at radius 2 is 1.84 bits per heavy atom. The Labute approximate surface area is 118 Å². The number of ether oxygens (including phenoxy) is 2. The van der Waals surface area contributed by atoms with Crippen LogP contribution in [0.25, 0.3) is 0 Å². The molecule has 2 N–H and O–H groups in total. The molecule has 0 radical (unpaired) electrons. The number of rotatable bonds is 8. The van der Waals surface area contributed by atoms with Gasteiger partial charge in [-0.3, -0.25) is 4.90 Å². The first-order valence-electron chi connectivity index (χ1n) is 7.50. The van der Waals surface area contributed by atoms with Crippen molar-refractivity contribution >= 4 is 0 Å². The molecular weight excluding hydrogens is 240 g/mol. The Bertz CT molecular complexity index is 246. The topological polar surface area (TPSA) is 47.7 Å². The summed E-state index contributed by atoms with van der Waals surface area (Å²) in [5.41, 5.74) is 6.77. The maximum absolute atomic E-state index is 6.52. The predicted molar refractivity (Wildman–Crippen MR) is 79.3 cm³/mol. The highest BCUT2D eigenvalue weighted by molar-refractivity contribution is 4.96. The first-order valence-corrected chi connectivity index (χ1v) is 7.50. The summed E-state index contributed by atoms with van der Waals surface area (Å²) in [6.45, 7) is 8.20. The molecule has 0 aromatic rings. The van der Waals surface area contributed by atoms with E-state index in [1.165, 1.54) is 19.3 Å². The average molecular weight is 272 g/mol. The van der Waals surface area contributed by atoms with Crippen LogP contribution >= 0.6 is 0 Å². The summed E-state index contributed by atoms with van der Waals surface area (Å²) in [5.74, 6) is 0. The van der Waals surface area contributed by atoms with Gasteiger partial charge in [0, 0.05) is 46.0 Å². The van der Waals surface area contributed by atoms with Crippen molar-refractivity contribution in [2.24, 2.45) is 11.1 Å². The van der Waals surface area contributed by atoms with Gasteiger partial charge in [-0.2, -0.15) is 0 Å². The second-order valence-electron chi connectivity index (χ2n) is 6.35. The lowest BCUT2D eigenvalue weighted by molar-refractivity contribution is 0.0430. The molecular formula is C15H32N2O2. The van der Waals surface area contributed by atoms with E-state index in [4.69, 9.17) is 15.2 Å². The second kappa shape index (κ2) is 8.20. The van der Waals surface area contributed by atoms with Crippen molar-refractivity contribution in [3.8, 4) is 0 Å². The average Bonchev–Trinajstić information content (AvgIpc) is 2.37. The molecule has 4 nitrogen and oxygen atoms in total. The lowest BCUT2D eigenvalue weighted by Gasteiger charge is -2.46. The molecule has 114 valence electrons. The van der Waals surface area contributed by atoms with E-state index in [9.17, 15) is 0 Å². The molecule has 0 aromatic carbocycles. The van der Waals surface area contributed by atoms with Gasteiger partial charge in [0.15, 0.2) is 0 Å². The normalized spacial score (nSPS) is 26.8. The molecule has 1 saturated carbocycles. The summed E-state index contributed by atoms with van der Waals surface area (Å²) in [7, 11) is 3.52. The minimum Gasteiger partial charge on any atom is -0.385 e. The molecule has 0 aromatic heterocycles. The van der Waals surface area contributed by atoms with Gasteiger partial charge in [0.2, 0.25) is 0 Å². The third kappa shape index (κ3) is 5.03. The van der Waals surface area contributed by atoms with Gasteiger partial charge in [-0.1, -0.05) is 20.3 Å². The van der Waals surface area contributed by atoms with E-state index >= 15 is 0 Å². The van der Waals surface area contributed by atoms with Crippen LogP contribution in [0.2, 0.25) is 0 Å². The van der Waals surface area contributed by atoms with Gasteiger partial charge in [0.25, 0.3) is 0 Å². The van der Waals surface area contributed by atoms with Crippen LogP contribution in [-0.2, 0) is 9.47 Å². The van der Waals surface area contributed by atoms with Gasteiger partial charge in [0.1, 0.15) is 0 Å². The molecule has 2 atom stereocenters. The SMILES string of the molecule is COCCCN(CCOC)C1CCCC(C)(C)C1N. The summed E-state index contributed by atoms with van der Waals surface area (Å²) in [4.78, 5) is 2.51. The zero-order valence-electron chi connectivity index (χ0n) is 13.2. The van der Waals surface area contributed by atoms with E-state index in [0.29, 0.717) is 6.04 Å². The quantitative estimate of drug-likeness (QED) is 0.685. The summed E-state index contributed by atoms with van der Waals surface area (Å²) >= 11 is 0. The minimum absolute atomic E-state index is 0.246. The Morgan fingerprint density at radius 1 is 1.16 bits per heavy atom. The second-order valence-corrected chi connectivity index (χ2v) is 6.35. The van der Waals surface area contributed by atoms with E-state index < -0.39 is 0 Å². The van der Waals surface area contributed by atoms with E-state index in [0.717, 1.165) is 32.7 Å². The van der Waals surface area contributed by atoms with E-state index in [-0.39, 0.29) is 11.5 Å². The van der Waals surface area contributed by atoms with Crippen molar-refractivity contribution in [2.45, 2.75) is 51.6 Å². The van der Waals surface area contributed by atoms with E-state index in [1.54, 1.807) is 14.2 Å². The Kier molecular flexibility index (Phi) is 7.29. The van der Waals surface area contributed by atoms with Crippen molar-refractivity contribution in [1.82, 2.24) is 4.90 Å². The Hall–Kier alpha value is -0.160. The van der Waals surface area contributed by atoms with Crippen LogP contribution in [0.3, 0.4) is 0 Å². The van der Waals surface area contributed by atoms with Crippen LogP contribution in [0.5, 0.6) is 0 Å². The van der Waals surface area contributed by atoms with Gasteiger partial charge in [-0.25, -0.2) is 0 Å². The number of hydrogen-bond donors (Lipinski definition) is 1. The molecule has 0 spiro atoms. The standard InChI is InChI=1S/C15H32N2O2/c1-15(2)8-5-7-13(14(15)16)17(10-12-19-4)9-6-11-18-3/h13-14H,5-12,16H2,1-4H3. The smallest absolute Gasteiger partial charge is 0.0589 e. The van der Waals surface area contributed by atoms with Crippen LogP contribution in [0.4, 0.5) is 0 Å². The fraction of sp³-hybridized carbons (Fsp3) is 1.00. The molecule has 2 unspecified atom stereocenters. The highest BCUT2D eigenvalue weighted by Gasteiger charge is 2.38. The van der Waals surface area contributed by atoms with Crippen molar-refractivity contribution in [3.05, 3.63) is 0 Å². The zero-order valence-corrected chi connectivity index (χ0v) is 13.2. The van der Waals surface area contributed by atoms with E-state index in [1.807, 2.05) is 0 Å². The summed E-state index contributed by atoms with van der Waals surface area (Å²) in [6, 6.07) is 0.733. The van der Waals surface area contributed by atoms with Gasteiger partial charge < -0.3 is 15.2 Å². The fourth-order valence-corrected chi connectivity index (χ4v) is 3.11. The first-order chi connectivity index (χ1) is 9.03. The first kappa shape index (κ1) is 16.9. The highest BCUT2D eigenvalue weighted by atomic mass is 16.5. The van der Waals surface area contributed by atoms with E-state index in [2.05, 4.69) is 18.7 Å². The molecule has 1 aliphatic rings. The maximum Gasteiger partial charge on any atom is 0.0589 e. The van der Waals surface area contributed by atoms with Crippen molar-refractivity contribution in [1.29, 1.82) is 0 Å². The van der Waals surface area contributed by atoms with Gasteiger partial charge in [0.05, 0.1) is 6.61 Å². The monoisotopic (exact) mass is 272 g/mol. The summed E-state index contributed by atoms with van der Waals surface area (Å²) < 4.78 is 10.4. The van der Waals surface area contributed by atoms with Crippen molar-refractivity contribution in [3.63, 3.8) is 0 Å². The van der Waals surface area contributed by atoms with Crippen molar-refractivity contribution in [2.75, 3.05) is 40.5 Å². The number of nitrogens with two attached hydrogens (primary N) is 1. The number of methoxy groups -OCH3 is 2. The molecule has 0 aliphatic heterocycles. The van der Waals surface area contributed by atoms with Gasteiger partial charge in [-0.15, -0.1) is 0 Å². The maximum atomic E-state index is 6.52. The molecule has 1 aliphatic carbocycles. The van der Waals surface area contributed by atoms with Crippen LogP contribution in [0.1, 0.15) is 39.5 Å². The predicted octanol–water partition coefficient (Wildman–Crippen LogP) is 1.88. The molecule has 19 heavy (non-hydrogen) atoms. The number of nitrogens with zero attached hydrogens (tertiary/aromatic N) is 1. The fourth-order valence-electron chi connectivity index (χ4n) is 3.11. The Balaban J connectivity index is 2.60. The van der Waals surface area contributed by atoms with Gasteiger partial charge in [-0.05, 0) is 24.7 Å². The largest absolute Gasteiger partial charge is 0.385 e. The molecule has 0 saturated heterocycles. The summed E-state index contributed by atoms with van der Waals surface area (Å²) in [5, 5.41) is 0. The lowest BCUT2D eigenvalue weighted by Crippen LogP contribution is -2.57. The zero-order chi connectivity index (χ0) is 14.3. The third-order valence-corrected chi connectivity index (χ3v) is 4.48. The van der Waals surface area contributed by atoms with Crippen LogP contribution in [-0.4, -0.2) is 57.5 Å². The summed E-state index contributed by atoms with van der Waals surface area (Å²) in [6.07, 6.45) is 4.78. The lowest BCUT2D eigenvalue weighted by atomic mass is 9.70. The Morgan fingerprint density at radius 3 is 2.47 bits per heavy atom. The molecule has 0 bridgehead atoms. The third-order valence-electron chi connectivity index (χ3n) is 4.48. The molecule has 0 amide bonds. The minimum atomic E-state index is 0.246.